The highest BCUT2D eigenvalue weighted by molar-refractivity contribution is 7.87. The third-order valence-electron chi connectivity index (χ3n) is 2.61. The molecule has 0 unspecified atom stereocenters. The van der Waals surface area contributed by atoms with E-state index < -0.39 is 10.2 Å². The standard InChI is InChI=1S/C11H26N2O2S/c1-8(2)11(9(3)4)7-12-16(14,15)13-10(5)6/h8-13H,7H2,1-6H3. The van der Waals surface area contributed by atoms with Gasteiger partial charge in [0.2, 0.25) is 0 Å². The Morgan fingerprint density at radius 2 is 1.38 bits per heavy atom. The van der Waals surface area contributed by atoms with Gasteiger partial charge in [0, 0.05) is 12.6 Å². The van der Waals surface area contributed by atoms with E-state index in [4.69, 9.17) is 0 Å². The summed E-state index contributed by atoms with van der Waals surface area (Å²) in [5.74, 6) is 1.31. The SMILES string of the molecule is CC(C)NS(=O)(=O)NCC(C(C)C)C(C)C. The molecule has 0 saturated heterocycles. The summed E-state index contributed by atoms with van der Waals surface area (Å²) in [6, 6.07) is -0.0750. The van der Waals surface area contributed by atoms with Crippen molar-refractivity contribution in [3.63, 3.8) is 0 Å². The summed E-state index contributed by atoms with van der Waals surface area (Å²) < 4.78 is 28.3. The zero-order valence-corrected chi connectivity index (χ0v) is 12.1. The van der Waals surface area contributed by atoms with E-state index >= 15 is 0 Å². The number of hydrogen-bond acceptors (Lipinski definition) is 2. The molecule has 2 N–H and O–H groups in total. The average Bonchev–Trinajstić information content (AvgIpc) is 1.99. The van der Waals surface area contributed by atoms with E-state index in [2.05, 4.69) is 37.1 Å². The normalized spacial score (nSPS) is 13.4. The maximum Gasteiger partial charge on any atom is 0.277 e. The zero-order chi connectivity index (χ0) is 12.9. The predicted molar refractivity (Wildman–Crippen MR) is 68.4 cm³/mol. The average molecular weight is 250 g/mol. The second kappa shape index (κ2) is 6.57. The molecule has 16 heavy (non-hydrogen) atoms. The van der Waals surface area contributed by atoms with Gasteiger partial charge in [0.05, 0.1) is 0 Å². The molecule has 0 aliphatic rings. The van der Waals surface area contributed by atoms with E-state index in [1.807, 2.05) is 13.8 Å². The number of nitrogens with one attached hydrogen (secondary N) is 2. The molecule has 0 rings (SSSR count). The number of rotatable bonds is 7. The van der Waals surface area contributed by atoms with Gasteiger partial charge in [0.1, 0.15) is 0 Å². The first kappa shape index (κ1) is 15.9. The molecule has 0 aromatic carbocycles. The Morgan fingerprint density at radius 3 is 1.69 bits per heavy atom. The lowest BCUT2D eigenvalue weighted by Gasteiger charge is -2.25. The van der Waals surface area contributed by atoms with Crippen LogP contribution in [0.1, 0.15) is 41.5 Å². The highest BCUT2D eigenvalue weighted by Gasteiger charge is 2.20. The van der Waals surface area contributed by atoms with Crippen LogP contribution in [-0.2, 0) is 10.2 Å². The second-order valence-electron chi connectivity index (χ2n) is 5.28. The first-order valence-electron chi connectivity index (χ1n) is 5.92. The molecule has 4 nitrogen and oxygen atoms in total. The van der Waals surface area contributed by atoms with Gasteiger partial charge in [0.15, 0.2) is 0 Å². The Labute approximate surface area is 100 Å². The van der Waals surface area contributed by atoms with E-state index in [9.17, 15) is 8.42 Å². The molecule has 0 atom stereocenters. The van der Waals surface area contributed by atoms with Crippen molar-refractivity contribution in [2.45, 2.75) is 47.6 Å². The second-order valence-corrected chi connectivity index (χ2v) is 6.81. The monoisotopic (exact) mass is 250 g/mol. The van der Waals surface area contributed by atoms with E-state index in [1.54, 1.807) is 0 Å². The van der Waals surface area contributed by atoms with Gasteiger partial charge in [-0.1, -0.05) is 27.7 Å². The third-order valence-corrected chi connectivity index (χ3v) is 3.94. The van der Waals surface area contributed by atoms with Gasteiger partial charge in [-0.2, -0.15) is 13.1 Å². The lowest BCUT2D eigenvalue weighted by Crippen LogP contribution is -2.43. The molecule has 98 valence electrons. The van der Waals surface area contributed by atoms with Crippen LogP contribution in [0.15, 0.2) is 0 Å². The minimum absolute atomic E-state index is 0.0750. The molecule has 0 aliphatic heterocycles. The van der Waals surface area contributed by atoms with E-state index in [-0.39, 0.29) is 6.04 Å². The van der Waals surface area contributed by atoms with Crippen molar-refractivity contribution in [3.05, 3.63) is 0 Å². The van der Waals surface area contributed by atoms with Gasteiger partial charge in [-0.05, 0) is 31.6 Å². The minimum Gasteiger partial charge on any atom is -0.202 e. The summed E-state index contributed by atoms with van der Waals surface area (Å²) >= 11 is 0. The molecule has 0 heterocycles. The topological polar surface area (TPSA) is 58.2 Å². The smallest absolute Gasteiger partial charge is 0.202 e. The first-order chi connectivity index (χ1) is 7.15. The zero-order valence-electron chi connectivity index (χ0n) is 11.2. The highest BCUT2D eigenvalue weighted by Crippen LogP contribution is 2.19. The number of hydrogen-bond donors (Lipinski definition) is 2. The molecule has 0 aromatic heterocycles. The molecule has 0 spiro atoms. The largest absolute Gasteiger partial charge is 0.277 e. The molecule has 0 radical (unpaired) electrons. The van der Waals surface area contributed by atoms with Crippen LogP contribution in [0.5, 0.6) is 0 Å². The van der Waals surface area contributed by atoms with Crippen LogP contribution in [0, 0.1) is 17.8 Å². The minimum atomic E-state index is -3.34. The fraction of sp³-hybridized carbons (Fsp3) is 1.00. The van der Waals surface area contributed by atoms with E-state index in [0.717, 1.165) is 0 Å². The summed E-state index contributed by atoms with van der Waals surface area (Å²) in [6.45, 7) is 12.6. The van der Waals surface area contributed by atoms with Gasteiger partial charge in [0.25, 0.3) is 10.2 Å². The van der Waals surface area contributed by atoms with Gasteiger partial charge in [-0.3, -0.25) is 0 Å². The lowest BCUT2D eigenvalue weighted by molar-refractivity contribution is 0.288. The van der Waals surface area contributed by atoms with Gasteiger partial charge in [-0.25, -0.2) is 4.72 Å². The van der Waals surface area contributed by atoms with Crippen molar-refractivity contribution in [3.8, 4) is 0 Å². The Bertz CT molecular complexity index is 276. The van der Waals surface area contributed by atoms with Crippen LogP contribution in [0.25, 0.3) is 0 Å². The fourth-order valence-corrected chi connectivity index (χ4v) is 2.91. The molecule has 0 saturated carbocycles. The van der Waals surface area contributed by atoms with Crippen molar-refractivity contribution < 1.29 is 8.42 Å². The molecule has 0 amide bonds. The van der Waals surface area contributed by atoms with Crippen LogP contribution in [-0.4, -0.2) is 21.0 Å². The summed E-state index contributed by atoms with van der Waals surface area (Å²) in [7, 11) is -3.34. The third kappa shape index (κ3) is 6.45. The van der Waals surface area contributed by atoms with Crippen molar-refractivity contribution in [1.82, 2.24) is 9.44 Å². The quantitative estimate of drug-likeness (QED) is 0.723. The summed E-state index contributed by atoms with van der Waals surface area (Å²) in [4.78, 5) is 0. The van der Waals surface area contributed by atoms with Gasteiger partial charge >= 0.3 is 0 Å². The molecular weight excluding hydrogens is 224 g/mol. The maximum absolute atomic E-state index is 11.6. The van der Waals surface area contributed by atoms with Gasteiger partial charge in [-0.15, -0.1) is 0 Å². The van der Waals surface area contributed by atoms with E-state index in [1.165, 1.54) is 0 Å². The molecule has 0 fully saturated rings. The predicted octanol–water partition coefficient (Wildman–Crippen LogP) is 1.75. The summed E-state index contributed by atoms with van der Waals surface area (Å²) in [5, 5.41) is 0. The summed E-state index contributed by atoms with van der Waals surface area (Å²) in [6.07, 6.45) is 0. The van der Waals surface area contributed by atoms with E-state index in [0.29, 0.717) is 24.3 Å². The van der Waals surface area contributed by atoms with Crippen LogP contribution < -0.4 is 9.44 Å². The Kier molecular flexibility index (Phi) is 6.51. The van der Waals surface area contributed by atoms with Crippen LogP contribution in [0.4, 0.5) is 0 Å². The van der Waals surface area contributed by atoms with Crippen molar-refractivity contribution in [1.29, 1.82) is 0 Å². The van der Waals surface area contributed by atoms with Crippen molar-refractivity contribution in [2.24, 2.45) is 17.8 Å². The molecule has 5 heteroatoms. The molecule has 0 aromatic rings. The van der Waals surface area contributed by atoms with Gasteiger partial charge < -0.3 is 0 Å². The highest BCUT2D eigenvalue weighted by atomic mass is 32.2. The van der Waals surface area contributed by atoms with Crippen LogP contribution >= 0.6 is 0 Å². The first-order valence-corrected chi connectivity index (χ1v) is 7.41. The fourth-order valence-electron chi connectivity index (χ4n) is 1.80. The molecule has 0 bridgehead atoms. The van der Waals surface area contributed by atoms with Crippen LogP contribution in [0.3, 0.4) is 0 Å². The lowest BCUT2D eigenvalue weighted by atomic mass is 9.86. The Morgan fingerprint density at radius 1 is 0.938 bits per heavy atom. The Hall–Kier alpha value is -0.130. The molecular formula is C11H26N2O2S. The Balaban J connectivity index is 4.31. The molecule has 0 aliphatic carbocycles. The van der Waals surface area contributed by atoms with Crippen molar-refractivity contribution in [2.75, 3.05) is 6.54 Å². The van der Waals surface area contributed by atoms with Crippen molar-refractivity contribution >= 4 is 10.2 Å². The van der Waals surface area contributed by atoms with Crippen LogP contribution in [0.2, 0.25) is 0 Å². The summed E-state index contributed by atoms with van der Waals surface area (Å²) in [5.41, 5.74) is 0. The maximum atomic E-state index is 11.6.